The van der Waals surface area contributed by atoms with Gasteiger partial charge >= 0.3 is 0 Å². The van der Waals surface area contributed by atoms with Crippen molar-refractivity contribution in [2.45, 2.75) is 6.43 Å². The molecule has 0 aliphatic rings. The standard InChI is InChI=1S/C6H4BrF2IN2/c7-4-3(10)1-2(5(8)9)6(11)12-4/h1,5H,(H2,11,12). The van der Waals surface area contributed by atoms with Crippen LogP contribution in [0.4, 0.5) is 14.6 Å². The summed E-state index contributed by atoms with van der Waals surface area (Å²) >= 11 is 4.99. The van der Waals surface area contributed by atoms with Crippen molar-refractivity contribution in [1.29, 1.82) is 0 Å². The minimum absolute atomic E-state index is 0.128. The van der Waals surface area contributed by atoms with Crippen molar-refractivity contribution in [3.05, 3.63) is 19.8 Å². The van der Waals surface area contributed by atoms with E-state index in [1.165, 1.54) is 6.07 Å². The molecule has 0 aliphatic heterocycles. The van der Waals surface area contributed by atoms with E-state index in [0.717, 1.165) is 0 Å². The van der Waals surface area contributed by atoms with Gasteiger partial charge in [0.05, 0.1) is 5.56 Å². The molecule has 0 fully saturated rings. The highest BCUT2D eigenvalue weighted by Gasteiger charge is 2.14. The zero-order valence-electron chi connectivity index (χ0n) is 5.69. The number of alkyl halides is 2. The summed E-state index contributed by atoms with van der Waals surface area (Å²) in [5.74, 6) is -0.128. The van der Waals surface area contributed by atoms with E-state index in [1.807, 2.05) is 22.6 Å². The highest BCUT2D eigenvalue weighted by molar-refractivity contribution is 14.1. The molecule has 0 bridgehead atoms. The van der Waals surface area contributed by atoms with Crippen LogP contribution >= 0.6 is 38.5 Å². The number of nitrogens with zero attached hydrogens (tertiary/aromatic N) is 1. The third kappa shape index (κ3) is 2.03. The summed E-state index contributed by atoms with van der Waals surface area (Å²) < 4.78 is 25.5. The molecule has 0 spiro atoms. The smallest absolute Gasteiger partial charge is 0.267 e. The third-order valence-electron chi connectivity index (χ3n) is 1.23. The van der Waals surface area contributed by atoms with Gasteiger partial charge in [-0.1, -0.05) is 0 Å². The van der Waals surface area contributed by atoms with Crippen LogP contribution in [0.2, 0.25) is 0 Å². The molecule has 12 heavy (non-hydrogen) atoms. The van der Waals surface area contributed by atoms with E-state index >= 15 is 0 Å². The molecule has 6 heteroatoms. The number of hydrogen-bond donors (Lipinski definition) is 1. The second kappa shape index (κ2) is 3.82. The SMILES string of the molecule is Nc1nc(Br)c(I)cc1C(F)F. The highest BCUT2D eigenvalue weighted by Crippen LogP contribution is 2.28. The second-order valence-corrected chi connectivity index (χ2v) is 3.95. The zero-order valence-corrected chi connectivity index (χ0v) is 9.43. The van der Waals surface area contributed by atoms with E-state index in [1.54, 1.807) is 0 Å². The third-order valence-corrected chi connectivity index (χ3v) is 3.40. The second-order valence-electron chi connectivity index (χ2n) is 2.04. The maximum absolute atomic E-state index is 12.2. The summed E-state index contributed by atoms with van der Waals surface area (Å²) in [6.45, 7) is 0. The molecule has 2 nitrogen and oxygen atoms in total. The first-order valence-corrected chi connectivity index (χ1v) is 4.79. The van der Waals surface area contributed by atoms with E-state index in [2.05, 4.69) is 20.9 Å². The Kier molecular flexibility index (Phi) is 3.22. The van der Waals surface area contributed by atoms with Crippen LogP contribution in [0.3, 0.4) is 0 Å². The van der Waals surface area contributed by atoms with Crippen LogP contribution in [-0.4, -0.2) is 4.98 Å². The van der Waals surface area contributed by atoms with Crippen LogP contribution in [0.5, 0.6) is 0 Å². The number of anilines is 1. The van der Waals surface area contributed by atoms with Gasteiger partial charge < -0.3 is 5.73 Å². The predicted molar refractivity (Wildman–Crippen MR) is 54.0 cm³/mol. The predicted octanol–water partition coefficient (Wildman–Crippen LogP) is 2.97. The lowest BCUT2D eigenvalue weighted by Crippen LogP contribution is -1.99. The molecule has 0 amide bonds. The van der Waals surface area contributed by atoms with Crippen LogP contribution in [0.25, 0.3) is 0 Å². The summed E-state index contributed by atoms with van der Waals surface area (Å²) in [7, 11) is 0. The van der Waals surface area contributed by atoms with Crippen molar-refractivity contribution in [3.63, 3.8) is 0 Å². The molecule has 0 radical (unpaired) electrons. The topological polar surface area (TPSA) is 38.9 Å². The molecule has 0 aliphatic carbocycles. The average Bonchev–Trinajstić information content (AvgIpc) is 1.96. The molecule has 1 rings (SSSR count). The molecular weight excluding hydrogens is 345 g/mol. The first-order valence-electron chi connectivity index (χ1n) is 2.92. The number of aromatic nitrogens is 1. The van der Waals surface area contributed by atoms with Crippen molar-refractivity contribution in [3.8, 4) is 0 Å². The Balaban J connectivity index is 3.23. The van der Waals surface area contributed by atoms with Crippen molar-refractivity contribution in [1.82, 2.24) is 4.98 Å². The van der Waals surface area contributed by atoms with Gasteiger partial charge in [-0.15, -0.1) is 0 Å². The Bertz CT molecular complexity index is 306. The van der Waals surface area contributed by atoms with E-state index in [4.69, 9.17) is 5.73 Å². The Morgan fingerprint density at radius 1 is 1.58 bits per heavy atom. The normalized spacial score (nSPS) is 10.8. The zero-order chi connectivity index (χ0) is 9.30. The fourth-order valence-corrected chi connectivity index (χ4v) is 1.43. The molecule has 1 heterocycles. The minimum Gasteiger partial charge on any atom is -0.383 e. The quantitative estimate of drug-likeness (QED) is 0.626. The molecule has 0 saturated carbocycles. The van der Waals surface area contributed by atoms with E-state index in [-0.39, 0.29) is 11.4 Å². The van der Waals surface area contributed by atoms with Gasteiger partial charge in [-0.25, -0.2) is 13.8 Å². The lowest BCUT2D eigenvalue weighted by Gasteiger charge is -2.04. The van der Waals surface area contributed by atoms with Gasteiger partial charge in [0.2, 0.25) is 0 Å². The molecule has 2 N–H and O–H groups in total. The van der Waals surface area contributed by atoms with Gasteiger partial charge in [-0.05, 0) is 44.6 Å². The summed E-state index contributed by atoms with van der Waals surface area (Å²) in [6, 6.07) is 1.32. The number of pyridine rings is 1. The van der Waals surface area contributed by atoms with Gasteiger partial charge in [-0.3, -0.25) is 0 Å². The molecule has 0 aromatic carbocycles. The summed E-state index contributed by atoms with van der Waals surface area (Å²) in [5, 5.41) is 0. The van der Waals surface area contributed by atoms with Crippen LogP contribution < -0.4 is 5.73 Å². The summed E-state index contributed by atoms with van der Waals surface area (Å²) in [6.07, 6.45) is -2.57. The maximum atomic E-state index is 12.2. The van der Waals surface area contributed by atoms with E-state index < -0.39 is 6.43 Å². The number of halogens is 4. The number of nitrogens with two attached hydrogens (primary N) is 1. The number of hydrogen-bond acceptors (Lipinski definition) is 2. The Hall–Kier alpha value is 0.0200. The molecule has 1 aromatic rings. The first kappa shape index (κ1) is 10.1. The molecule has 0 saturated heterocycles. The molecule has 0 unspecified atom stereocenters. The highest BCUT2D eigenvalue weighted by atomic mass is 127. The van der Waals surface area contributed by atoms with Gasteiger partial charge in [0.25, 0.3) is 6.43 Å². The lowest BCUT2D eigenvalue weighted by molar-refractivity contribution is 0.152. The largest absolute Gasteiger partial charge is 0.383 e. The molecule has 0 atom stereocenters. The first-order chi connectivity index (χ1) is 5.52. The van der Waals surface area contributed by atoms with Gasteiger partial charge in [0.15, 0.2) is 0 Å². The summed E-state index contributed by atoms with van der Waals surface area (Å²) in [4.78, 5) is 3.70. The fraction of sp³-hybridized carbons (Fsp3) is 0.167. The van der Waals surface area contributed by atoms with Gasteiger partial charge in [0, 0.05) is 3.57 Å². The summed E-state index contributed by atoms with van der Waals surface area (Å²) in [5.41, 5.74) is 5.05. The van der Waals surface area contributed by atoms with Gasteiger partial charge in [-0.2, -0.15) is 0 Å². The van der Waals surface area contributed by atoms with Crippen LogP contribution in [0.15, 0.2) is 10.7 Å². The van der Waals surface area contributed by atoms with Crippen molar-refractivity contribution < 1.29 is 8.78 Å². The van der Waals surface area contributed by atoms with Crippen molar-refractivity contribution in [2.24, 2.45) is 0 Å². The Labute approximate surface area is 89.8 Å². The molecule has 66 valence electrons. The van der Waals surface area contributed by atoms with Crippen LogP contribution in [0.1, 0.15) is 12.0 Å². The monoisotopic (exact) mass is 348 g/mol. The number of rotatable bonds is 1. The van der Waals surface area contributed by atoms with Crippen LogP contribution in [0, 0.1) is 3.57 Å². The van der Waals surface area contributed by atoms with Crippen LogP contribution in [-0.2, 0) is 0 Å². The molecule has 1 aromatic heterocycles. The average molecular weight is 349 g/mol. The Morgan fingerprint density at radius 3 is 2.67 bits per heavy atom. The molecular formula is C6H4BrF2IN2. The van der Waals surface area contributed by atoms with E-state index in [9.17, 15) is 8.78 Å². The van der Waals surface area contributed by atoms with Crippen molar-refractivity contribution >= 4 is 44.3 Å². The van der Waals surface area contributed by atoms with Gasteiger partial charge in [0.1, 0.15) is 10.4 Å². The fourth-order valence-electron chi connectivity index (χ4n) is 0.669. The maximum Gasteiger partial charge on any atom is 0.267 e. The Morgan fingerprint density at radius 2 is 2.17 bits per heavy atom. The number of nitrogen functional groups attached to an aromatic ring is 1. The van der Waals surface area contributed by atoms with E-state index in [0.29, 0.717) is 8.17 Å². The van der Waals surface area contributed by atoms with Crippen molar-refractivity contribution in [2.75, 3.05) is 5.73 Å². The minimum atomic E-state index is -2.57. The lowest BCUT2D eigenvalue weighted by atomic mass is 10.3.